The van der Waals surface area contributed by atoms with Crippen molar-refractivity contribution in [3.05, 3.63) is 164 Å². The van der Waals surface area contributed by atoms with Gasteiger partial charge in [0.1, 0.15) is 23.0 Å². The zero-order valence-electron chi connectivity index (χ0n) is 54.6. The Bertz CT molecular complexity index is 2950. The van der Waals surface area contributed by atoms with Crippen molar-refractivity contribution < 1.29 is 27.2 Å². The largest absolute Gasteiger partial charge is 0.462 e. The molecule has 0 spiro atoms. The average Bonchev–Trinajstić information content (AvgIpc) is 3.25. The molecule has 0 aliphatic rings. The van der Waals surface area contributed by atoms with Crippen LogP contribution < -0.4 is 28.7 Å². The van der Waals surface area contributed by atoms with Gasteiger partial charge in [-0.15, -0.1) is 0 Å². The van der Waals surface area contributed by atoms with E-state index < -0.39 is 15.2 Å². The van der Waals surface area contributed by atoms with Crippen molar-refractivity contribution in [2.24, 2.45) is 0 Å². The van der Waals surface area contributed by atoms with Gasteiger partial charge in [-0.1, -0.05) is 215 Å². The second-order valence-electron chi connectivity index (χ2n) is 31.1. The van der Waals surface area contributed by atoms with E-state index in [1.807, 2.05) is 48.5 Å². The molecule has 0 N–H and O–H groups in total. The van der Waals surface area contributed by atoms with E-state index in [2.05, 4.69) is 242 Å². The molecule has 0 saturated heterocycles. The zero-order valence-corrected chi connectivity index (χ0v) is 56.4. The van der Waals surface area contributed by atoms with Crippen molar-refractivity contribution >= 4 is 25.8 Å². The van der Waals surface area contributed by atoms with Gasteiger partial charge >= 0.3 is 15.2 Å². The molecule has 0 bridgehead atoms. The van der Waals surface area contributed by atoms with Crippen LogP contribution in [0.5, 0.6) is 23.0 Å². The highest BCUT2D eigenvalue weighted by Crippen LogP contribution is 2.56. The minimum Gasteiger partial charge on any atom is -0.412 e. The van der Waals surface area contributed by atoms with Crippen LogP contribution >= 0.6 is 15.2 Å². The van der Waals surface area contributed by atoms with Crippen LogP contribution in [0.25, 0.3) is 11.1 Å². The third kappa shape index (κ3) is 14.2. The first-order valence-electron chi connectivity index (χ1n) is 28.9. The van der Waals surface area contributed by atoms with Crippen LogP contribution in [0.2, 0.25) is 0 Å². The molecule has 0 heterocycles. The summed E-state index contributed by atoms with van der Waals surface area (Å²) in [6.07, 6.45) is 0. The fourth-order valence-corrected chi connectivity index (χ4v) is 14.5. The van der Waals surface area contributed by atoms with Gasteiger partial charge in [0.2, 0.25) is 0 Å². The monoisotopic (exact) mass is 1120 g/mol. The predicted molar refractivity (Wildman–Crippen MR) is 343 cm³/mol. The summed E-state index contributed by atoms with van der Waals surface area (Å²) in [5.41, 5.74) is 12.0. The molecule has 0 unspecified atom stereocenters. The standard InChI is InChI=1S/C72H100O6P2/c1-45-37-51(65(5,6)7)41-57(61(45)69(17,18)19)75-79(73,76-58-42-52(66(8,9)10)38-46(2)62(58)70(20,21)22)55-33-29-49(30-34-55)50-31-35-56(36-32-50)80(74,77-59-43-53(67(11,12)13)39-47(3)63(59)71(23,24)25)78-60-44-54(68(14,15)16)40-48(4)64(60)72(26,27)28/h29-44H,1-28H3. The van der Waals surface area contributed by atoms with Crippen molar-refractivity contribution in [3.63, 3.8) is 0 Å². The number of benzene rings is 6. The van der Waals surface area contributed by atoms with Crippen LogP contribution in [-0.4, -0.2) is 0 Å². The Morgan fingerprint density at radius 2 is 0.438 bits per heavy atom. The topological polar surface area (TPSA) is 71.1 Å². The maximum atomic E-state index is 16.4. The average molecular weight is 1120 g/mol. The molecular formula is C72H100O6P2. The molecule has 8 heteroatoms. The summed E-state index contributed by atoms with van der Waals surface area (Å²) >= 11 is 0. The van der Waals surface area contributed by atoms with Crippen molar-refractivity contribution in [3.8, 4) is 34.1 Å². The van der Waals surface area contributed by atoms with Gasteiger partial charge < -0.3 is 18.1 Å². The van der Waals surface area contributed by atoms with Crippen LogP contribution in [0.1, 0.15) is 233 Å². The van der Waals surface area contributed by atoms with E-state index in [-0.39, 0.29) is 43.3 Å². The highest BCUT2D eigenvalue weighted by atomic mass is 31.2. The highest BCUT2D eigenvalue weighted by Gasteiger charge is 2.40. The van der Waals surface area contributed by atoms with Crippen LogP contribution in [-0.2, 0) is 52.5 Å². The van der Waals surface area contributed by atoms with E-state index in [9.17, 15) is 0 Å². The van der Waals surface area contributed by atoms with Gasteiger partial charge in [0.05, 0.1) is 10.6 Å². The van der Waals surface area contributed by atoms with E-state index in [1.54, 1.807) is 0 Å². The number of hydrogen-bond acceptors (Lipinski definition) is 6. The molecule has 434 valence electrons. The zero-order chi connectivity index (χ0) is 60.7. The first-order chi connectivity index (χ1) is 36.0. The molecular weight excluding hydrogens is 1020 g/mol. The lowest BCUT2D eigenvalue weighted by atomic mass is 9.79. The van der Waals surface area contributed by atoms with Crippen molar-refractivity contribution in [1.29, 1.82) is 0 Å². The molecule has 0 amide bonds. The van der Waals surface area contributed by atoms with Crippen molar-refractivity contribution in [2.45, 2.75) is 237 Å². The summed E-state index contributed by atoms with van der Waals surface area (Å²) in [7, 11) is -8.48. The lowest BCUT2D eigenvalue weighted by molar-refractivity contribution is 0.384. The van der Waals surface area contributed by atoms with Gasteiger partial charge in [-0.05, 0) is 175 Å². The minimum absolute atomic E-state index is 0.206. The summed E-state index contributed by atoms with van der Waals surface area (Å²) in [5, 5.41) is 0.845. The molecule has 0 aliphatic heterocycles. The second kappa shape index (κ2) is 21.6. The Morgan fingerprint density at radius 3 is 0.588 bits per heavy atom. The van der Waals surface area contributed by atoms with Gasteiger partial charge in [-0.25, -0.2) is 9.13 Å². The quantitative estimate of drug-likeness (QED) is 0.120. The van der Waals surface area contributed by atoms with Gasteiger partial charge in [0.15, 0.2) is 0 Å². The molecule has 0 atom stereocenters. The molecule has 80 heavy (non-hydrogen) atoms. The van der Waals surface area contributed by atoms with E-state index >= 15 is 9.13 Å². The molecule has 0 aromatic heterocycles. The van der Waals surface area contributed by atoms with Crippen LogP contribution in [0.3, 0.4) is 0 Å². The maximum absolute atomic E-state index is 16.4. The Labute approximate surface area is 485 Å². The lowest BCUT2D eigenvalue weighted by Gasteiger charge is -2.32. The van der Waals surface area contributed by atoms with Crippen LogP contribution in [0.15, 0.2) is 97.1 Å². The lowest BCUT2D eigenvalue weighted by Crippen LogP contribution is -2.23. The van der Waals surface area contributed by atoms with Crippen LogP contribution in [0, 0.1) is 27.7 Å². The summed E-state index contributed by atoms with van der Waals surface area (Å²) in [5.74, 6) is 2.19. The molecule has 0 aliphatic carbocycles. The van der Waals surface area contributed by atoms with Crippen molar-refractivity contribution in [2.75, 3.05) is 0 Å². The first kappa shape index (κ1) is 64.2. The van der Waals surface area contributed by atoms with Gasteiger partial charge in [-0.3, -0.25) is 0 Å². The van der Waals surface area contributed by atoms with Crippen molar-refractivity contribution in [1.82, 2.24) is 0 Å². The molecule has 6 aromatic carbocycles. The summed E-state index contributed by atoms with van der Waals surface area (Å²) in [6, 6.07) is 32.5. The summed E-state index contributed by atoms with van der Waals surface area (Å²) in [4.78, 5) is 0. The van der Waals surface area contributed by atoms with Crippen LogP contribution in [0.4, 0.5) is 0 Å². The molecule has 0 saturated carbocycles. The molecule has 6 nitrogen and oxygen atoms in total. The number of aryl methyl sites for hydroxylation is 4. The molecule has 0 radical (unpaired) electrons. The van der Waals surface area contributed by atoms with Gasteiger partial charge in [0, 0.05) is 22.3 Å². The molecule has 0 fully saturated rings. The third-order valence-electron chi connectivity index (χ3n) is 15.2. The van der Waals surface area contributed by atoms with E-state index in [1.165, 1.54) is 0 Å². The van der Waals surface area contributed by atoms with E-state index in [0.29, 0.717) is 33.6 Å². The predicted octanol–water partition coefficient (Wildman–Crippen LogP) is 20.9. The minimum atomic E-state index is -4.24. The Balaban J connectivity index is 1.56. The fraction of sp³-hybridized carbons (Fsp3) is 0.500. The fourth-order valence-electron chi connectivity index (χ4n) is 11.3. The normalized spacial score (nSPS) is 13.6. The summed E-state index contributed by atoms with van der Waals surface area (Å²) in [6.45, 7) is 60.7. The molecule has 6 aromatic rings. The smallest absolute Gasteiger partial charge is 0.412 e. The van der Waals surface area contributed by atoms with E-state index in [0.717, 1.165) is 77.9 Å². The van der Waals surface area contributed by atoms with Gasteiger partial charge in [-0.2, -0.15) is 0 Å². The summed E-state index contributed by atoms with van der Waals surface area (Å²) < 4.78 is 61.2. The second-order valence-corrected chi connectivity index (χ2v) is 34.9. The number of rotatable bonds is 11. The Kier molecular flexibility index (Phi) is 17.3. The molecule has 6 rings (SSSR count). The SMILES string of the molecule is Cc1cc(C(C)(C)C)cc(OP(=O)(Oc2cc(C(C)(C)C)cc(C)c2C(C)(C)C)c2ccc(-c3ccc(P(=O)(Oc4cc(C(C)(C)C)cc(C)c4C(C)(C)C)Oc4cc(C(C)(C)C)cc(C)c4C(C)(C)C)cc3)cc2)c1C(C)(C)C. The highest BCUT2D eigenvalue weighted by molar-refractivity contribution is 7.63. The Morgan fingerprint density at radius 1 is 0.263 bits per heavy atom. The van der Waals surface area contributed by atoms with E-state index in [4.69, 9.17) is 18.1 Å². The Hall–Kier alpha value is -5.02. The number of hydrogen-bond donors (Lipinski definition) is 0. The van der Waals surface area contributed by atoms with Gasteiger partial charge in [0.25, 0.3) is 0 Å². The third-order valence-corrected chi connectivity index (χ3v) is 18.8. The maximum Gasteiger partial charge on any atom is 0.462 e. The first-order valence-corrected chi connectivity index (χ1v) is 32.0.